The van der Waals surface area contributed by atoms with Crippen molar-refractivity contribution >= 4 is 22.8 Å². The van der Waals surface area contributed by atoms with E-state index in [4.69, 9.17) is 0 Å². The zero-order chi connectivity index (χ0) is 14.1. The van der Waals surface area contributed by atoms with Crippen LogP contribution >= 0.6 is 0 Å². The summed E-state index contributed by atoms with van der Waals surface area (Å²) in [6.45, 7) is 3.81. The summed E-state index contributed by atoms with van der Waals surface area (Å²) in [6.07, 6.45) is 3.23. The molecule has 0 radical (unpaired) electrons. The Morgan fingerprint density at radius 3 is 2.60 bits per heavy atom. The summed E-state index contributed by atoms with van der Waals surface area (Å²) in [5, 5.41) is 9.68. The van der Waals surface area contributed by atoms with E-state index in [1.807, 2.05) is 13.8 Å². The second-order valence-electron chi connectivity index (χ2n) is 4.54. The van der Waals surface area contributed by atoms with Crippen molar-refractivity contribution in [1.82, 2.24) is 20.2 Å². The molecule has 100 valence electrons. The molecule has 1 amide bonds. The second-order valence-corrected chi connectivity index (χ2v) is 4.54. The van der Waals surface area contributed by atoms with E-state index in [-0.39, 0.29) is 5.91 Å². The number of hydrogen-bond acceptors (Lipinski definition) is 4. The Labute approximate surface area is 115 Å². The molecular weight excluding hydrogens is 254 g/mol. The number of carbonyl (C=O) groups excluding carboxylic acids is 1. The normalized spacial score (nSPS) is 10.7. The summed E-state index contributed by atoms with van der Waals surface area (Å²) in [7, 11) is 0. The fraction of sp³-hybridized carbons (Fsp3) is 0.143. The molecule has 0 spiro atoms. The van der Waals surface area contributed by atoms with E-state index in [9.17, 15) is 4.79 Å². The fourth-order valence-corrected chi connectivity index (χ4v) is 1.89. The minimum Gasteiger partial charge on any atom is -0.305 e. The molecule has 0 saturated carbocycles. The molecule has 0 atom stereocenters. The zero-order valence-corrected chi connectivity index (χ0v) is 11.1. The van der Waals surface area contributed by atoms with Crippen molar-refractivity contribution in [2.45, 2.75) is 13.8 Å². The number of rotatable bonds is 2. The number of nitrogens with zero attached hydrogens (tertiary/aromatic N) is 3. The monoisotopic (exact) mass is 267 g/mol. The molecule has 0 aliphatic carbocycles. The number of nitrogens with one attached hydrogen (secondary N) is 2. The quantitative estimate of drug-likeness (QED) is 0.745. The van der Waals surface area contributed by atoms with Crippen molar-refractivity contribution in [1.29, 1.82) is 0 Å². The molecule has 2 N–H and O–H groups in total. The van der Waals surface area contributed by atoms with Crippen molar-refractivity contribution in [2.24, 2.45) is 0 Å². The van der Waals surface area contributed by atoms with Crippen LogP contribution in [0.1, 0.15) is 21.6 Å². The van der Waals surface area contributed by atoms with Gasteiger partial charge in [-0.05, 0) is 32.0 Å². The van der Waals surface area contributed by atoms with E-state index in [0.29, 0.717) is 16.9 Å². The zero-order valence-electron chi connectivity index (χ0n) is 11.1. The molecule has 2 heterocycles. The third-order valence-electron chi connectivity index (χ3n) is 3.22. The van der Waals surface area contributed by atoms with Crippen LogP contribution in [-0.4, -0.2) is 26.1 Å². The molecule has 1 aromatic carbocycles. The largest absolute Gasteiger partial charge is 0.305 e. The smallest absolute Gasteiger partial charge is 0.256 e. The molecule has 0 fully saturated rings. The third kappa shape index (κ3) is 2.11. The maximum Gasteiger partial charge on any atom is 0.256 e. The minimum absolute atomic E-state index is 0.216. The van der Waals surface area contributed by atoms with Crippen LogP contribution in [0.4, 0.5) is 5.82 Å². The lowest BCUT2D eigenvalue weighted by molar-refractivity contribution is 0.102. The molecule has 6 heteroatoms. The van der Waals surface area contributed by atoms with Gasteiger partial charge in [0.15, 0.2) is 5.82 Å². The molecule has 6 nitrogen and oxygen atoms in total. The predicted octanol–water partition coefficient (Wildman–Crippen LogP) is 2.22. The van der Waals surface area contributed by atoms with Crippen LogP contribution in [0.5, 0.6) is 0 Å². The van der Waals surface area contributed by atoms with E-state index in [2.05, 4.69) is 25.5 Å². The van der Waals surface area contributed by atoms with Crippen molar-refractivity contribution in [3.05, 3.63) is 47.4 Å². The molecule has 2 aromatic heterocycles. The Balaban J connectivity index is 1.90. The molecule has 0 aliphatic heterocycles. The number of aromatic amines is 1. The van der Waals surface area contributed by atoms with E-state index >= 15 is 0 Å². The maximum atomic E-state index is 12.2. The lowest BCUT2D eigenvalue weighted by Gasteiger charge is -2.04. The molecule has 20 heavy (non-hydrogen) atoms. The summed E-state index contributed by atoms with van der Waals surface area (Å²) in [5.41, 5.74) is 3.84. The van der Waals surface area contributed by atoms with Gasteiger partial charge in [0, 0.05) is 29.2 Å². The number of H-pyrrole nitrogens is 1. The first-order valence-corrected chi connectivity index (χ1v) is 6.19. The van der Waals surface area contributed by atoms with Gasteiger partial charge in [0.05, 0.1) is 11.0 Å². The summed E-state index contributed by atoms with van der Waals surface area (Å²) in [5.74, 6) is 0.332. The highest BCUT2D eigenvalue weighted by Gasteiger charge is 2.12. The van der Waals surface area contributed by atoms with Crippen molar-refractivity contribution in [2.75, 3.05) is 5.32 Å². The number of fused-ring (bicyclic) bond motifs is 1. The van der Waals surface area contributed by atoms with E-state index in [1.165, 1.54) is 0 Å². The first-order valence-electron chi connectivity index (χ1n) is 6.19. The van der Waals surface area contributed by atoms with Gasteiger partial charge in [0.1, 0.15) is 0 Å². The lowest BCUT2D eigenvalue weighted by Crippen LogP contribution is -2.13. The van der Waals surface area contributed by atoms with Crippen LogP contribution in [0.25, 0.3) is 11.0 Å². The summed E-state index contributed by atoms with van der Waals surface area (Å²) in [4.78, 5) is 20.6. The number of amides is 1. The Morgan fingerprint density at radius 1 is 1.15 bits per heavy atom. The van der Waals surface area contributed by atoms with Crippen LogP contribution < -0.4 is 5.32 Å². The van der Waals surface area contributed by atoms with Gasteiger partial charge in [0.2, 0.25) is 0 Å². The summed E-state index contributed by atoms with van der Waals surface area (Å²) >= 11 is 0. The molecule has 3 rings (SSSR count). The SMILES string of the molecule is Cc1[nH]nc(NC(=O)c2ccc3nccnc3c2)c1C. The molecular formula is C14H13N5O. The third-order valence-corrected chi connectivity index (χ3v) is 3.22. The number of aryl methyl sites for hydroxylation is 1. The van der Waals surface area contributed by atoms with E-state index in [1.54, 1.807) is 30.6 Å². The fourth-order valence-electron chi connectivity index (χ4n) is 1.89. The van der Waals surface area contributed by atoms with Crippen LogP contribution in [0.2, 0.25) is 0 Å². The van der Waals surface area contributed by atoms with E-state index < -0.39 is 0 Å². The van der Waals surface area contributed by atoms with Gasteiger partial charge in [-0.15, -0.1) is 0 Å². The average molecular weight is 267 g/mol. The Bertz CT molecular complexity index is 793. The number of benzene rings is 1. The van der Waals surface area contributed by atoms with Gasteiger partial charge in [-0.1, -0.05) is 0 Å². The molecule has 0 bridgehead atoms. The Morgan fingerprint density at radius 2 is 1.90 bits per heavy atom. The highest BCUT2D eigenvalue weighted by atomic mass is 16.1. The topological polar surface area (TPSA) is 83.6 Å². The maximum absolute atomic E-state index is 12.2. The van der Waals surface area contributed by atoms with Crippen LogP contribution in [0, 0.1) is 13.8 Å². The summed E-state index contributed by atoms with van der Waals surface area (Å²) < 4.78 is 0. The lowest BCUT2D eigenvalue weighted by atomic mass is 10.1. The minimum atomic E-state index is -0.216. The van der Waals surface area contributed by atoms with Gasteiger partial charge in [0.25, 0.3) is 5.91 Å². The van der Waals surface area contributed by atoms with Crippen LogP contribution in [0.3, 0.4) is 0 Å². The first kappa shape index (κ1) is 12.3. The van der Waals surface area contributed by atoms with Crippen molar-refractivity contribution in [3.63, 3.8) is 0 Å². The molecule has 3 aromatic rings. The Hall–Kier alpha value is -2.76. The Kier molecular flexibility index (Phi) is 2.90. The van der Waals surface area contributed by atoms with Crippen molar-refractivity contribution in [3.8, 4) is 0 Å². The second kappa shape index (κ2) is 4.73. The highest BCUT2D eigenvalue weighted by molar-refractivity contribution is 6.05. The first-order chi connectivity index (χ1) is 9.65. The van der Waals surface area contributed by atoms with Crippen LogP contribution in [-0.2, 0) is 0 Å². The average Bonchev–Trinajstić information content (AvgIpc) is 2.78. The predicted molar refractivity (Wildman–Crippen MR) is 75.6 cm³/mol. The number of hydrogen-bond donors (Lipinski definition) is 2. The number of anilines is 1. The number of aromatic nitrogens is 4. The van der Waals surface area contributed by atoms with Gasteiger partial charge >= 0.3 is 0 Å². The van der Waals surface area contributed by atoms with Gasteiger partial charge < -0.3 is 5.32 Å². The number of carbonyl (C=O) groups is 1. The van der Waals surface area contributed by atoms with Gasteiger partial charge in [-0.2, -0.15) is 5.10 Å². The van der Waals surface area contributed by atoms with Crippen LogP contribution in [0.15, 0.2) is 30.6 Å². The van der Waals surface area contributed by atoms with E-state index in [0.717, 1.165) is 16.8 Å². The highest BCUT2D eigenvalue weighted by Crippen LogP contribution is 2.16. The van der Waals surface area contributed by atoms with Crippen molar-refractivity contribution < 1.29 is 4.79 Å². The standard InChI is InChI=1S/C14H13N5O/c1-8-9(2)18-19-13(8)17-14(20)10-3-4-11-12(7-10)16-6-5-15-11/h3-7H,1-2H3,(H2,17,18,19,20). The van der Waals surface area contributed by atoms with Gasteiger partial charge in [-0.25, -0.2) is 0 Å². The molecule has 0 unspecified atom stereocenters. The van der Waals surface area contributed by atoms with Gasteiger partial charge in [-0.3, -0.25) is 19.9 Å². The summed E-state index contributed by atoms with van der Waals surface area (Å²) in [6, 6.07) is 5.22. The molecule has 0 saturated heterocycles. The molecule has 0 aliphatic rings.